The molecule has 4 heterocycles. The standard InChI is InChI=1S/C77H43N5OS/c1-79-51-33-39-53(40-34-51)81(55-38-32-48-16-3-5-18-50(48)42-55)67-44-62-72(71-58-20-7-12-27-68(58)83-75(67)71)73-63(77(62)60-23-9-11-26-65(60)82-64-25-10-6-19-56(64)57-22-14-24-61(77)74(57)82)43-66(70-59-21-8-13-28-69(59)84-76(70)73)80(52-35-29-46(45-78)30-36-52)54-37-31-47-15-2-4-17-49(47)41-54/h2-44H. The van der Waals surface area contributed by atoms with Crippen LogP contribution in [-0.4, -0.2) is 4.57 Å². The van der Waals surface area contributed by atoms with Crippen LogP contribution in [0.15, 0.2) is 265 Å². The van der Waals surface area contributed by atoms with Crippen LogP contribution in [0.3, 0.4) is 0 Å². The van der Waals surface area contributed by atoms with Gasteiger partial charge in [-0.1, -0.05) is 164 Å². The molecule has 0 saturated carbocycles. The van der Waals surface area contributed by atoms with E-state index >= 15 is 0 Å². The van der Waals surface area contributed by atoms with Gasteiger partial charge in [0.05, 0.1) is 51.7 Å². The van der Waals surface area contributed by atoms with Gasteiger partial charge >= 0.3 is 0 Å². The van der Waals surface area contributed by atoms with Crippen molar-refractivity contribution in [1.82, 2.24) is 4.57 Å². The van der Waals surface area contributed by atoms with Crippen LogP contribution < -0.4 is 9.80 Å². The zero-order valence-corrected chi connectivity index (χ0v) is 45.7. The van der Waals surface area contributed by atoms with Gasteiger partial charge in [-0.25, -0.2) is 4.85 Å². The Hall–Kier alpha value is -11.2. The molecule has 18 rings (SSSR count). The average Bonchev–Trinajstić information content (AvgIpc) is 1.74. The molecule has 388 valence electrons. The van der Waals surface area contributed by atoms with Crippen LogP contribution in [0, 0.1) is 17.9 Å². The highest BCUT2D eigenvalue weighted by molar-refractivity contribution is 7.26. The lowest BCUT2D eigenvalue weighted by Crippen LogP contribution is -2.33. The Morgan fingerprint density at radius 1 is 0.464 bits per heavy atom. The first-order valence-electron chi connectivity index (χ1n) is 28.2. The lowest BCUT2D eigenvalue weighted by molar-refractivity contribution is 0.668. The number of benzene rings is 13. The third kappa shape index (κ3) is 6.25. The number of rotatable bonds is 6. The van der Waals surface area contributed by atoms with E-state index in [1.54, 1.807) is 0 Å². The molecule has 1 aliphatic heterocycles. The van der Waals surface area contributed by atoms with Crippen LogP contribution in [-0.2, 0) is 5.41 Å². The predicted octanol–water partition coefficient (Wildman–Crippen LogP) is 21.4. The SMILES string of the molecule is [C-]#[N+]c1ccc(N(c2ccc3ccccc3c2)c2cc3c(c4c2oc2ccccc24)-c2c(cc(N(c4ccc(C#N)cc4)c4ccc5ccccc5c4)c4c2sc2ccccc24)C32c3ccccc3-n3c4ccccc4c4cccc2c43)cc1. The molecule has 0 radical (unpaired) electrons. The molecule has 3 aromatic heterocycles. The summed E-state index contributed by atoms with van der Waals surface area (Å²) in [4.78, 5) is 8.63. The number of nitriles is 1. The molecule has 7 heteroatoms. The summed E-state index contributed by atoms with van der Waals surface area (Å²) in [6, 6.07) is 96.4. The second-order valence-electron chi connectivity index (χ2n) is 22.1. The quantitative estimate of drug-likeness (QED) is 0.156. The summed E-state index contributed by atoms with van der Waals surface area (Å²) >= 11 is 1.86. The van der Waals surface area contributed by atoms with Crippen molar-refractivity contribution in [2.45, 2.75) is 5.41 Å². The first-order valence-corrected chi connectivity index (χ1v) is 29.0. The van der Waals surface area contributed by atoms with Gasteiger partial charge in [0.25, 0.3) is 0 Å². The Morgan fingerprint density at radius 2 is 1.04 bits per heavy atom. The van der Waals surface area contributed by atoms with Crippen molar-refractivity contribution in [2.75, 3.05) is 9.80 Å². The third-order valence-corrected chi connectivity index (χ3v) is 19.1. The number of furan rings is 1. The van der Waals surface area contributed by atoms with Crippen LogP contribution in [0.4, 0.5) is 39.8 Å². The van der Waals surface area contributed by atoms with Crippen molar-refractivity contribution in [3.63, 3.8) is 0 Å². The molecule has 0 saturated heterocycles. The zero-order chi connectivity index (χ0) is 55.4. The Labute approximate surface area is 486 Å². The first-order chi connectivity index (χ1) is 41.6. The molecular weight excluding hydrogens is 1040 g/mol. The van der Waals surface area contributed by atoms with Crippen molar-refractivity contribution in [3.05, 3.63) is 300 Å². The maximum atomic E-state index is 10.2. The molecule has 1 unspecified atom stereocenters. The van der Waals surface area contributed by atoms with Gasteiger partial charge in [-0.3, -0.25) is 0 Å². The molecule has 0 amide bonds. The average molecular weight is 1090 g/mol. The lowest BCUT2D eigenvalue weighted by atomic mass is 9.65. The maximum Gasteiger partial charge on any atom is 0.187 e. The van der Waals surface area contributed by atoms with Crippen molar-refractivity contribution in [2.24, 2.45) is 0 Å². The summed E-state index contributed by atoms with van der Waals surface area (Å²) in [7, 11) is 0. The van der Waals surface area contributed by atoms with Crippen molar-refractivity contribution in [3.8, 4) is 22.9 Å². The number of hydrogen-bond donors (Lipinski definition) is 0. The van der Waals surface area contributed by atoms with Crippen LogP contribution in [0.1, 0.15) is 27.8 Å². The monoisotopic (exact) mass is 1090 g/mol. The normalized spacial score (nSPS) is 14.0. The van der Waals surface area contributed by atoms with Gasteiger partial charge in [0.1, 0.15) is 5.58 Å². The fourth-order valence-corrected chi connectivity index (χ4v) is 15.8. The minimum absolute atomic E-state index is 0.568. The van der Waals surface area contributed by atoms with E-state index in [9.17, 15) is 5.26 Å². The van der Waals surface area contributed by atoms with Crippen LogP contribution >= 0.6 is 11.3 Å². The van der Waals surface area contributed by atoms with Crippen LogP contribution in [0.25, 0.3) is 107 Å². The van der Waals surface area contributed by atoms with Gasteiger partial charge in [0.2, 0.25) is 0 Å². The van der Waals surface area contributed by atoms with Gasteiger partial charge in [0, 0.05) is 75.6 Å². The van der Waals surface area contributed by atoms with Gasteiger partial charge in [-0.05, 0) is 141 Å². The molecule has 6 nitrogen and oxygen atoms in total. The van der Waals surface area contributed by atoms with Crippen molar-refractivity contribution < 1.29 is 4.42 Å². The smallest absolute Gasteiger partial charge is 0.187 e. The second-order valence-corrected chi connectivity index (χ2v) is 23.1. The Morgan fingerprint density at radius 3 is 1.77 bits per heavy atom. The van der Waals surface area contributed by atoms with E-state index < -0.39 is 5.41 Å². The molecule has 84 heavy (non-hydrogen) atoms. The van der Waals surface area contributed by atoms with E-state index in [4.69, 9.17) is 11.0 Å². The Bertz CT molecular complexity index is 5620. The largest absolute Gasteiger partial charge is 0.454 e. The van der Waals surface area contributed by atoms with Gasteiger partial charge in [0.15, 0.2) is 11.3 Å². The molecule has 1 atom stereocenters. The second kappa shape index (κ2) is 17.4. The maximum absolute atomic E-state index is 10.2. The topological polar surface area (TPSA) is 52.7 Å². The minimum atomic E-state index is -0.950. The highest BCUT2D eigenvalue weighted by Crippen LogP contribution is 2.67. The van der Waals surface area contributed by atoms with Crippen LogP contribution in [0.5, 0.6) is 0 Å². The number of aromatic nitrogens is 1. The molecule has 1 aliphatic carbocycles. The molecule has 16 aromatic rings. The van der Waals surface area contributed by atoms with Gasteiger partial charge < -0.3 is 18.8 Å². The first kappa shape index (κ1) is 46.5. The number of para-hydroxylation sites is 4. The highest BCUT2D eigenvalue weighted by atomic mass is 32.1. The molecule has 0 bridgehead atoms. The third-order valence-electron chi connectivity index (χ3n) is 17.9. The number of fused-ring (bicyclic) bond motifs is 22. The lowest BCUT2D eigenvalue weighted by Gasteiger charge is -2.40. The van der Waals surface area contributed by atoms with Crippen molar-refractivity contribution in [1.29, 1.82) is 5.26 Å². The Kier molecular flexibility index (Phi) is 9.63. The summed E-state index contributed by atoms with van der Waals surface area (Å²) < 4.78 is 12.3. The van der Waals surface area contributed by atoms with Gasteiger partial charge in [-0.15, -0.1) is 11.3 Å². The van der Waals surface area contributed by atoms with Crippen LogP contribution in [0.2, 0.25) is 0 Å². The summed E-state index contributed by atoms with van der Waals surface area (Å²) in [5.41, 5.74) is 18.0. The fourth-order valence-electron chi connectivity index (χ4n) is 14.5. The number of anilines is 6. The molecule has 0 N–H and O–H groups in total. The van der Waals surface area contributed by atoms with E-state index in [2.05, 4.69) is 262 Å². The number of thiophene rings is 1. The van der Waals surface area contributed by atoms with E-state index in [0.717, 1.165) is 105 Å². The van der Waals surface area contributed by atoms with Crippen molar-refractivity contribution >= 4 is 137 Å². The summed E-state index contributed by atoms with van der Waals surface area (Å²) in [6.07, 6.45) is 0. The molecule has 1 spiro atoms. The van der Waals surface area contributed by atoms with E-state index in [0.29, 0.717) is 11.3 Å². The molecule has 0 fully saturated rings. The summed E-state index contributed by atoms with van der Waals surface area (Å²) in [6.45, 7) is 8.02. The summed E-state index contributed by atoms with van der Waals surface area (Å²) in [5.74, 6) is 0. The number of nitrogens with zero attached hydrogens (tertiary/aromatic N) is 5. The molecule has 13 aromatic carbocycles. The molecular formula is C77H43N5OS. The predicted molar refractivity (Wildman–Crippen MR) is 347 cm³/mol. The zero-order valence-electron chi connectivity index (χ0n) is 44.9. The highest BCUT2D eigenvalue weighted by Gasteiger charge is 2.54. The fraction of sp³-hybridized carbons (Fsp3) is 0.0130. The minimum Gasteiger partial charge on any atom is -0.454 e. The number of hydrogen-bond acceptors (Lipinski definition) is 5. The van der Waals surface area contributed by atoms with E-state index in [-0.39, 0.29) is 0 Å². The molecule has 2 aliphatic rings. The van der Waals surface area contributed by atoms with E-state index in [1.807, 2.05) is 35.6 Å². The summed E-state index contributed by atoms with van der Waals surface area (Å²) in [5, 5.41) is 21.6. The Balaban J connectivity index is 1.07. The van der Waals surface area contributed by atoms with E-state index in [1.165, 1.54) is 53.3 Å². The van der Waals surface area contributed by atoms with Gasteiger partial charge in [-0.2, -0.15) is 5.26 Å².